The molecular formula is C10H7Br3OS. The van der Waals surface area contributed by atoms with E-state index in [1.165, 1.54) is 4.88 Å². The first kappa shape index (κ1) is 11.9. The standard InChI is InChI=1S/C10H7Br3OS/c1-5-2-6(4-14-5)9(12)8-3-7(11)10(13)15-8/h2-4,9H,1H3. The maximum Gasteiger partial charge on any atom is 0.101 e. The summed E-state index contributed by atoms with van der Waals surface area (Å²) in [6.07, 6.45) is 1.79. The maximum absolute atomic E-state index is 5.30. The third-order valence-electron chi connectivity index (χ3n) is 1.96. The molecule has 1 unspecified atom stereocenters. The number of halogens is 3. The molecule has 2 heterocycles. The minimum Gasteiger partial charge on any atom is -0.469 e. The minimum absolute atomic E-state index is 0.197. The lowest BCUT2D eigenvalue weighted by molar-refractivity contribution is 0.532. The Morgan fingerprint density at radius 3 is 2.53 bits per heavy atom. The van der Waals surface area contributed by atoms with Crippen molar-refractivity contribution < 1.29 is 4.42 Å². The molecule has 0 saturated carbocycles. The van der Waals surface area contributed by atoms with Gasteiger partial charge < -0.3 is 4.42 Å². The average molecular weight is 415 g/mol. The number of aryl methyl sites for hydroxylation is 1. The fourth-order valence-electron chi connectivity index (χ4n) is 1.25. The number of alkyl halides is 1. The van der Waals surface area contributed by atoms with Gasteiger partial charge in [-0.3, -0.25) is 0 Å². The zero-order chi connectivity index (χ0) is 11.0. The Labute approximate surface area is 117 Å². The Balaban J connectivity index is 2.31. The first-order valence-electron chi connectivity index (χ1n) is 4.21. The van der Waals surface area contributed by atoms with Gasteiger partial charge >= 0.3 is 0 Å². The van der Waals surface area contributed by atoms with Crippen LogP contribution in [0.2, 0.25) is 0 Å². The lowest BCUT2D eigenvalue weighted by Crippen LogP contribution is -1.85. The summed E-state index contributed by atoms with van der Waals surface area (Å²) in [5, 5.41) is 0. The van der Waals surface area contributed by atoms with Gasteiger partial charge in [0.2, 0.25) is 0 Å². The molecule has 0 spiro atoms. The molecule has 0 radical (unpaired) electrons. The van der Waals surface area contributed by atoms with Gasteiger partial charge in [0.15, 0.2) is 0 Å². The van der Waals surface area contributed by atoms with Gasteiger partial charge in [0.25, 0.3) is 0 Å². The van der Waals surface area contributed by atoms with Crippen LogP contribution in [0.1, 0.15) is 21.0 Å². The van der Waals surface area contributed by atoms with E-state index in [0.29, 0.717) is 0 Å². The van der Waals surface area contributed by atoms with Crippen molar-refractivity contribution >= 4 is 59.1 Å². The lowest BCUT2D eigenvalue weighted by atomic mass is 10.2. The molecule has 0 aromatic carbocycles. The molecule has 0 saturated heterocycles. The van der Waals surface area contributed by atoms with Crippen LogP contribution in [0, 0.1) is 6.92 Å². The maximum atomic E-state index is 5.30. The predicted molar refractivity (Wildman–Crippen MR) is 73.9 cm³/mol. The Hall–Kier alpha value is 0.420. The van der Waals surface area contributed by atoms with Crippen molar-refractivity contribution in [3.63, 3.8) is 0 Å². The minimum atomic E-state index is 0.197. The van der Waals surface area contributed by atoms with E-state index in [1.54, 1.807) is 17.6 Å². The summed E-state index contributed by atoms with van der Waals surface area (Å²) in [5.41, 5.74) is 1.15. The molecule has 0 amide bonds. The fourth-order valence-corrected chi connectivity index (χ4v) is 4.00. The molecule has 80 valence electrons. The highest BCUT2D eigenvalue weighted by Gasteiger charge is 2.16. The van der Waals surface area contributed by atoms with Gasteiger partial charge in [-0.2, -0.15) is 0 Å². The van der Waals surface area contributed by atoms with Crippen molar-refractivity contribution in [3.8, 4) is 0 Å². The quantitative estimate of drug-likeness (QED) is 0.578. The van der Waals surface area contributed by atoms with E-state index < -0.39 is 0 Å². The van der Waals surface area contributed by atoms with E-state index in [4.69, 9.17) is 4.42 Å². The van der Waals surface area contributed by atoms with Gasteiger partial charge in [0.05, 0.1) is 14.9 Å². The molecule has 2 aromatic heterocycles. The second-order valence-corrected chi connectivity index (χ2v) is 7.30. The van der Waals surface area contributed by atoms with Crippen molar-refractivity contribution in [1.82, 2.24) is 0 Å². The van der Waals surface area contributed by atoms with Crippen LogP contribution in [-0.2, 0) is 0 Å². The van der Waals surface area contributed by atoms with E-state index in [0.717, 1.165) is 19.6 Å². The summed E-state index contributed by atoms with van der Waals surface area (Å²) in [6, 6.07) is 4.15. The number of hydrogen-bond acceptors (Lipinski definition) is 2. The molecule has 1 nitrogen and oxygen atoms in total. The van der Waals surface area contributed by atoms with Crippen molar-refractivity contribution in [2.24, 2.45) is 0 Å². The normalized spacial score (nSPS) is 13.1. The molecule has 1 atom stereocenters. The molecule has 0 fully saturated rings. The van der Waals surface area contributed by atoms with E-state index >= 15 is 0 Å². The molecule has 0 N–H and O–H groups in total. The summed E-state index contributed by atoms with van der Waals surface area (Å²) in [7, 11) is 0. The van der Waals surface area contributed by atoms with Crippen LogP contribution in [0.4, 0.5) is 0 Å². The monoisotopic (exact) mass is 412 g/mol. The second-order valence-electron chi connectivity index (χ2n) is 3.12. The summed E-state index contributed by atoms with van der Waals surface area (Å²) in [4.78, 5) is 1.44. The Kier molecular flexibility index (Phi) is 3.75. The third kappa shape index (κ3) is 2.57. The molecule has 0 aliphatic carbocycles. The molecule has 2 aromatic rings. The van der Waals surface area contributed by atoms with Crippen molar-refractivity contribution in [3.05, 3.63) is 42.9 Å². The number of thiophene rings is 1. The topological polar surface area (TPSA) is 13.1 Å². The van der Waals surface area contributed by atoms with E-state index in [2.05, 4.69) is 53.9 Å². The van der Waals surface area contributed by atoms with Gasteiger partial charge in [-0.15, -0.1) is 11.3 Å². The summed E-state index contributed by atoms with van der Waals surface area (Å²) >= 11 is 12.3. The van der Waals surface area contributed by atoms with Crippen LogP contribution >= 0.6 is 59.1 Å². The predicted octanol–water partition coefficient (Wildman–Crippen LogP) is 5.66. The average Bonchev–Trinajstić information content (AvgIpc) is 2.74. The first-order valence-corrected chi connectivity index (χ1v) is 7.53. The summed E-state index contributed by atoms with van der Waals surface area (Å²) in [5.74, 6) is 0.934. The van der Waals surface area contributed by atoms with Crippen LogP contribution in [0.15, 0.2) is 31.1 Å². The van der Waals surface area contributed by atoms with Crippen LogP contribution in [0.25, 0.3) is 0 Å². The van der Waals surface area contributed by atoms with Crippen LogP contribution < -0.4 is 0 Å². The molecule has 0 aliphatic rings. The lowest BCUT2D eigenvalue weighted by Gasteiger charge is -2.02. The zero-order valence-electron chi connectivity index (χ0n) is 7.76. The highest BCUT2D eigenvalue weighted by molar-refractivity contribution is 9.13. The molecule has 15 heavy (non-hydrogen) atoms. The fraction of sp³-hybridized carbons (Fsp3) is 0.200. The first-order chi connectivity index (χ1) is 7.08. The third-order valence-corrected chi connectivity index (χ3v) is 6.60. The van der Waals surface area contributed by atoms with Crippen LogP contribution in [-0.4, -0.2) is 0 Å². The van der Waals surface area contributed by atoms with E-state index in [-0.39, 0.29) is 4.83 Å². The molecule has 5 heteroatoms. The summed E-state index contributed by atoms with van der Waals surface area (Å²) < 4.78 is 7.50. The Bertz CT molecular complexity index is 455. The highest BCUT2D eigenvalue weighted by Crippen LogP contribution is 2.41. The van der Waals surface area contributed by atoms with Gasteiger partial charge in [-0.05, 0) is 50.9 Å². The van der Waals surface area contributed by atoms with Gasteiger partial charge in [-0.1, -0.05) is 15.9 Å². The van der Waals surface area contributed by atoms with Gasteiger partial charge in [-0.25, -0.2) is 0 Å². The van der Waals surface area contributed by atoms with Crippen LogP contribution in [0.3, 0.4) is 0 Å². The van der Waals surface area contributed by atoms with E-state index in [9.17, 15) is 0 Å². The van der Waals surface area contributed by atoms with Crippen molar-refractivity contribution in [2.45, 2.75) is 11.8 Å². The van der Waals surface area contributed by atoms with Gasteiger partial charge in [0, 0.05) is 14.9 Å². The molecule has 0 aliphatic heterocycles. The second kappa shape index (κ2) is 4.73. The Morgan fingerprint density at radius 2 is 2.07 bits per heavy atom. The van der Waals surface area contributed by atoms with Crippen molar-refractivity contribution in [1.29, 1.82) is 0 Å². The highest BCUT2D eigenvalue weighted by atomic mass is 79.9. The van der Waals surface area contributed by atoms with Gasteiger partial charge in [0.1, 0.15) is 5.76 Å². The molecular weight excluding hydrogens is 408 g/mol. The van der Waals surface area contributed by atoms with Crippen molar-refractivity contribution in [2.75, 3.05) is 0 Å². The number of furan rings is 1. The van der Waals surface area contributed by atoms with E-state index in [1.807, 2.05) is 13.0 Å². The molecule has 2 rings (SSSR count). The summed E-state index contributed by atoms with van der Waals surface area (Å²) in [6.45, 7) is 1.95. The number of rotatable bonds is 2. The zero-order valence-corrected chi connectivity index (χ0v) is 13.3. The number of hydrogen-bond donors (Lipinski definition) is 0. The smallest absolute Gasteiger partial charge is 0.101 e. The largest absolute Gasteiger partial charge is 0.469 e. The molecule has 0 bridgehead atoms. The SMILES string of the molecule is Cc1cc(C(Br)c2cc(Br)c(Br)s2)co1. The van der Waals surface area contributed by atoms with Crippen LogP contribution in [0.5, 0.6) is 0 Å². The Morgan fingerprint density at radius 1 is 1.33 bits per heavy atom.